The van der Waals surface area contributed by atoms with Crippen LogP contribution in [0.15, 0.2) is 87.5 Å². The van der Waals surface area contributed by atoms with Crippen molar-refractivity contribution >= 4 is 10.9 Å². The molecule has 0 saturated heterocycles. The van der Waals surface area contributed by atoms with Gasteiger partial charge >= 0.3 is 0 Å². The maximum Gasteiger partial charge on any atom is 0.166 e. The van der Waals surface area contributed by atoms with E-state index in [0.29, 0.717) is 0 Å². The second-order valence-corrected chi connectivity index (χ2v) is 13.8. The van der Waals surface area contributed by atoms with Gasteiger partial charge in [0.25, 0.3) is 0 Å². The third-order valence-corrected chi connectivity index (χ3v) is 10.1. The Morgan fingerprint density at radius 1 is 0.528 bits per heavy atom. The van der Waals surface area contributed by atoms with Crippen molar-refractivity contribution in [2.45, 2.75) is 117 Å². The summed E-state index contributed by atoms with van der Waals surface area (Å²) in [5.41, 5.74) is 2.87. The van der Waals surface area contributed by atoms with Crippen LogP contribution >= 0.6 is 0 Å². The van der Waals surface area contributed by atoms with Crippen molar-refractivity contribution in [2.75, 3.05) is 0 Å². The molecule has 5 rings (SSSR count). The van der Waals surface area contributed by atoms with Crippen LogP contribution < -0.4 is 4.74 Å². The minimum absolute atomic E-state index is 0.128. The third kappa shape index (κ3) is 6.38. The zero-order chi connectivity index (χ0) is 25.0. The molecular formula is C34H43OS+. The molecule has 0 heterocycles. The van der Waals surface area contributed by atoms with E-state index in [-0.39, 0.29) is 16.5 Å². The highest BCUT2D eigenvalue weighted by atomic mass is 32.2. The van der Waals surface area contributed by atoms with E-state index in [1.54, 1.807) is 0 Å². The molecule has 0 N–H and O–H groups in total. The molecule has 0 aliphatic heterocycles. The zero-order valence-corrected chi connectivity index (χ0v) is 23.3. The van der Waals surface area contributed by atoms with Crippen LogP contribution in [-0.4, -0.2) is 5.60 Å². The minimum Gasteiger partial charge on any atom is -0.488 e. The van der Waals surface area contributed by atoms with Gasteiger partial charge in [0, 0.05) is 0 Å². The number of ether oxygens (including phenoxy) is 1. The van der Waals surface area contributed by atoms with Gasteiger partial charge in [-0.3, -0.25) is 0 Å². The molecule has 1 nitrogen and oxygen atoms in total. The van der Waals surface area contributed by atoms with Crippen molar-refractivity contribution in [3.63, 3.8) is 0 Å². The molecule has 3 aromatic rings. The highest BCUT2D eigenvalue weighted by molar-refractivity contribution is 7.97. The quantitative estimate of drug-likeness (QED) is 0.307. The molecule has 0 bridgehead atoms. The summed E-state index contributed by atoms with van der Waals surface area (Å²) < 4.78 is 6.12. The second-order valence-electron chi connectivity index (χ2n) is 11.8. The van der Waals surface area contributed by atoms with Crippen molar-refractivity contribution in [1.29, 1.82) is 0 Å². The molecule has 0 radical (unpaired) electrons. The average Bonchev–Trinajstić information content (AvgIpc) is 2.91. The largest absolute Gasteiger partial charge is 0.488 e. The molecule has 0 aromatic heterocycles. The zero-order valence-electron chi connectivity index (χ0n) is 22.5. The predicted molar refractivity (Wildman–Crippen MR) is 154 cm³/mol. The summed E-state index contributed by atoms with van der Waals surface area (Å²) in [5.74, 6) is 2.44. The van der Waals surface area contributed by atoms with Gasteiger partial charge in [-0.25, -0.2) is 0 Å². The molecule has 2 aliphatic rings. The molecule has 0 amide bonds. The predicted octanol–water partition coefficient (Wildman–Crippen LogP) is 10.1. The monoisotopic (exact) mass is 499 g/mol. The first kappa shape index (κ1) is 25.5. The van der Waals surface area contributed by atoms with E-state index in [9.17, 15) is 0 Å². The van der Waals surface area contributed by atoms with E-state index in [1.165, 1.54) is 90.0 Å². The van der Waals surface area contributed by atoms with Crippen molar-refractivity contribution in [3.8, 4) is 5.75 Å². The molecule has 2 aliphatic carbocycles. The lowest BCUT2D eigenvalue weighted by Gasteiger charge is -2.22. The highest BCUT2D eigenvalue weighted by Crippen LogP contribution is 2.38. The fourth-order valence-electron chi connectivity index (χ4n) is 6.03. The second kappa shape index (κ2) is 11.5. The van der Waals surface area contributed by atoms with E-state index >= 15 is 0 Å². The third-order valence-electron chi connectivity index (χ3n) is 7.87. The molecule has 0 atom stereocenters. The van der Waals surface area contributed by atoms with Crippen LogP contribution in [-0.2, 0) is 10.9 Å². The summed E-state index contributed by atoms with van der Waals surface area (Å²) in [5, 5.41) is 0. The lowest BCUT2D eigenvalue weighted by atomic mass is 9.84. The standard InChI is InChI=1S/C34H43OS/c1-34(2,3)35-30-18-24-33(25-19-30)36(31-20-14-28(15-21-31)26-10-6-4-7-11-26)32-22-16-29(17-23-32)27-12-8-5-9-13-27/h14-27H,4-13H2,1-3H3/q+1. The molecule has 0 spiro atoms. The Hall–Kier alpha value is -2.19. The van der Waals surface area contributed by atoms with Crippen LogP contribution in [0.25, 0.3) is 0 Å². The lowest BCUT2D eigenvalue weighted by Crippen LogP contribution is -2.22. The van der Waals surface area contributed by atoms with Gasteiger partial charge in [-0.15, -0.1) is 0 Å². The van der Waals surface area contributed by atoms with Gasteiger partial charge in [0.2, 0.25) is 0 Å². The summed E-state index contributed by atoms with van der Waals surface area (Å²) in [6.07, 6.45) is 13.7. The molecular weight excluding hydrogens is 456 g/mol. The average molecular weight is 500 g/mol. The summed E-state index contributed by atoms with van der Waals surface area (Å²) in [6.45, 7) is 6.31. The maximum atomic E-state index is 6.12. The Kier molecular flexibility index (Phi) is 8.11. The maximum absolute atomic E-state index is 6.12. The number of hydrogen-bond donors (Lipinski definition) is 0. The van der Waals surface area contributed by atoms with Gasteiger partial charge in [-0.2, -0.15) is 0 Å². The summed E-state index contributed by atoms with van der Waals surface area (Å²) >= 11 is 0. The number of rotatable bonds is 6. The van der Waals surface area contributed by atoms with E-state index in [0.717, 1.165) is 17.6 Å². The lowest BCUT2D eigenvalue weighted by molar-refractivity contribution is 0.131. The van der Waals surface area contributed by atoms with Crippen LogP contribution in [0.2, 0.25) is 0 Å². The van der Waals surface area contributed by atoms with Crippen molar-refractivity contribution in [2.24, 2.45) is 0 Å². The fourth-order valence-corrected chi connectivity index (χ4v) is 8.07. The Labute approximate surface area is 222 Å². The van der Waals surface area contributed by atoms with Crippen molar-refractivity contribution < 1.29 is 4.74 Å². The first-order valence-corrected chi connectivity index (χ1v) is 15.4. The molecule has 2 fully saturated rings. The van der Waals surface area contributed by atoms with Crippen LogP contribution in [0, 0.1) is 0 Å². The molecule has 190 valence electrons. The smallest absolute Gasteiger partial charge is 0.166 e. The van der Waals surface area contributed by atoms with Gasteiger partial charge in [0.15, 0.2) is 14.7 Å². The van der Waals surface area contributed by atoms with Crippen LogP contribution in [0.5, 0.6) is 5.75 Å². The SMILES string of the molecule is CC(C)(C)Oc1ccc([S+](c2ccc(C3CCCCC3)cc2)c2ccc(C3CCCCC3)cc2)cc1. The molecule has 36 heavy (non-hydrogen) atoms. The van der Waals surface area contributed by atoms with E-state index in [4.69, 9.17) is 4.74 Å². The van der Waals surface area contributed by atoms with Crippen LogP contribution in [0.1, 0.15) is 108 Å². The van der Waals surface area contributed by atoms with Crippen molar-refractivity contribution in [1.82, 2.24) is 0 Å². The van der Waals surface area contributed by atoms with E-state index in [1.807, 2.05) is 0 Å². The Bertz CT molecular complexity index is 1020. The number of hydrogen-bond acceptors (Lipinski definition) is 1. The summed E-state index contributed by atoms with van der Waals surface area (Å²) in [7, 11) is -0.128. The minimum atomic E-state index is -0.187. The molecule has 0 unspecified atom stereocenters. The van der Waals surface area contributed by atoms with Gasteiger partial charge in [-0.1, -0.05) is 62.8 Å². The normalized spacial score (nSPS) is 17.9. The summed E-state index contributed by atoms with van der Waals surface area (Å²) in [6, 6.07) is 28.1. The first-order valence-electron chi connectivity index (χ1n) is 14.2. The molecule has 2 saturated carbocycles. The van der Waals surface area contributed by atoms with Crippen LogP contribution in [0.3, 0.4) is 0 Å². The van der Waals surface area contributed by atoms with Gasteiger partial charge in [-0.05, 0) is 118 Å². The Balaban J connectivity index is 1.44. The fraction of sp³-hybridized carbons (Fsp3) is 0.471. The Morgan fingerprint density at radius 3 is 1.25 bits per heavy atom. The van der Waals surface area contributed by atoms with Gasteiger partial charge < -0.3 is 4.74 Å². The highest BCUT2D eigenvalue weighted by Gasteiger charge is 2.30. The summed E-state index contributed by atoms with van der Waals surface area (Å²) in [4.78, 5) is 4.17. The van der Waals surface area contributed by atoms with Crippen molar-refractivity contribution in [3.05, 3.63) is 83.9 Å². The topological polar surface area (TPSA) is 9.23 Å². The van der Waals surface area contributed by atoms with Gasteiger partial charge in [0.1, 0.15) is 11.4 Å². The van der Waals surface area contributed by atoms with E-state index in [2.05, 4.69) is 93.6 Å². The van der Waals surface area contributed by atoms with E-state index < -0.39 is 0 Å². The molecule has 2 heteroatoms. The van der Waals surface area contributed by atoms with Crippen LogP contribution in [0.4, 0.5) is 0 Å². The Morgan fingerprint density at radius 2 is 0.889 bits per heavy atom. The van der Waals surface area contributed by atoms with Gasteiger partial charge in [0.05, 0.1) is 10.9 Å². The first-order chi connectivity index (χ1) is 17.5. The molecule has 3 aromatic carbocycles. The number of benzene rings is 3.